The predicted molar refractivity (Wildman–Crippen MR) is 67.9 cm³/mol. The van der Waals surface area contributed by atoms with E-state index in [1.807, 2.05) is 36.7 Å². The van der Waals surface area contributed by atoms with Crippen LogP contribution in [0.4, 0.5) is 0 Å². The Morgan fingerprint density at radius 2 is 2.16 bits per heavy atom. The molecule has 2 aromatic heterocycles. The highest BCUT2D eigenvalue weighted by Gasteiger charge is 2.13. The van der Waals surface area contributed by atoms with Crippen molar-refractivity contribution < 1.29 is 14.4 Å². The summed E-state index contributed by atoms with van der Waals surface area (Å²) in [5.41, 5.74) is 3.13. The number of benzene rings is 1. The van der Waals surface area contributed by atoms with Gasteiger partial charge in [0, 0.05) is 18.7 Å². The number of carboxylic acids is 1. The fourth-order valence-electron chi connectivity index (χ4n) is 1.99. The van der Waals surface area contributed by atoms with Crippen LogP contribution in [0.25, 0.3) is 22.3 Å². The zero-order valence-electron chi connectivity index (χ0n) is 10.4. The molecule has 0 fully saturated rings. The van der Waals surface area contributed by atoms with Crippen LogP contribution in [0.3, 0.4) is 0 Å². The summed E-state index contributed by atoms with van der Waals surface area (Å²) in [4.78, 5) is 15.2. The van der Waals surface area contributed by atoms with Gasteiger partial charge in [-0.05, 0) is 19.1 Å². The monoisotopic (exact) mass is 257 g/mol. The Morgan fingerprint density at radius 1 is 1.37 bits per heavy atom. The van der Waals surface area contributed by atoms with Gasteiger partial charge in [-0.1, -0.05) is 11.2 Å². The van der Waals surface area contributed by atoms with Crippen LogP contribution >= 0.6 is 0 Å². The molecule has 1 aromatic carbocycles. The van der Waals surface area contributed by atoms with E-state index in [0.717, 1.165) is 22.4 Å². The first-order valence-corrected chi connectivity index (χ1v) is 5.70. The molecular formula is C13H11N3O3. The Bertz CT molecular complexity index is 786. The SMILES string of the molecule is Cc1nc2cc(-c3cc(C(=O)O)on3)ccc2n1C. The number of carboxylic acid groups (broad SMARTS) is 1. The average molecular weight is 257 g/mol. The van der Waals surface area contributed by atoms with E-state index in [1.54, 1.807) is 0 Å². The second-order valence-corrected chi connectivity index (χ2v) is 4.30. The highest BCUT2D eigenvalue weighted by Crippen LogP contribution is 2.24. The molecular weight excluding hydrogens is 246 g/mol. The molecule has 3 rings (SSSR count). The van der Waals surface area contributed by atoms with Crippen LogP contribution < -0.4 is 0 Å². The van der Waals surface area contributed by atoms with Gasteiger partial charge in [0.15, 0.2) is 0 Å². The quantitative estimate of drug-likeness (QED) is 0.761. The Balaban J connectivity index is 2.12. The Hall–Kier alpha value is -2.63. The average Bonchev–Trinajstić information content (AvgIpc) is 2.96. The summed E-state index contributed by atoms with van der Waals surface area (Å²) >= 11 is 0. The molecule has 0 unspecified atom stereocenters. The van der Waals surface area contributed by atoms with E-state index in [0.29, 0.717) is 5.69 Å². The maximum absolute atomic E-state index is 10.8. The summed E-state index contributed by atoms with van der Waals surface area (Å²) in [5.74, 6) is -0.390. The molecule has 0 aliphatic heterocycles. The molecule has 3 aromatic rings. The lowest BCUT2D eigenvalue weighted by atomic mass is 10.1. The van der Waals surface area contributed by atoms with Crippen molar-refractivity contribution in [3.8, 4) is 11.3 Å². The molecule has 1 N–H and O–H groups in total. The first-order valence-electron chi connectivity index (χ1n) is 5.70. The standard InChI is InChI=1S/C13H11N3O3/c1-7-14-10-5-8(3-4-11(10)16(7)2)9-6-12(13(17)18)19-15-9/h3-6H,1-2H3,(H,17,18). The number of aromatic carboxylic acids is 1. The van der Waals surface area contributed by atoms with Gasteiger partial charge in [-0.3, -0.25) is 0 Å². The lowest BCUT2D eigenvalue weighted by molar-refractivity contribution is 0.0652. The van der Waals surface area contributed by atoms with Crippen LogP contribution in [0, 0.1) is 6.92 Å². The van der Waals surface area contributed by atoms with Crippen LogP contribution in [-0.4, -0.2) is 25.8 Å². The molecule has 0 radical (unpaired) electrons. The third-order valence-corrected chi connectivity index (χ3v) is 3.12. The van der Waals surface area contributed by atoms with E-state index in [4.69, 9.17) is 9.63 Å². The van der Waals surface area contributed by atoms with Crippen LogP contribution in [0.2, 0.25) is 0 Å². The molecule has 0 spiro atoms. The van der Waals surface area contributed by atoms with Crippen molar-refractivity contribution in [2.45, 2.75) is 6.92 Å². The number of fused-ring (bicyclic) bond motifs is 1. The molecule has 0 saturated carbocycles. The lowest BCUT2D eigenvalue weighted by Gasteiger charge is -1.97. The predicted octanol–water partition coefficient (Wildman–Crippen LogP) is 2.23. The summed E-state index contributed by atoms with van der Waals surface area (Å²) < 4.78 is 6.74. The minimum Gasteiger partial charge on any atom is -0.475 e. The maximum atomic E-state index is 10.8. The van der Waals surface area contributed by atoms with Gasteiger partial charge in [0.05, 0.1) is 11.0 Å². The van der Waals surface area contributed by atoms with Gasteiger partial charge in [-0.25, -0.2) is 9.78 Å². The first kappa shape index (κ1) is 11.5. The third-order valence-electron chi connectivity index (χ3n) is 3.12. The molecule has 0 amide bonds. The Morgan fingerprint density at radius 3 is 2.84 bits per heavy atom. The highest BCUT2D eigenvalue weighted by atomic mass is 16.5. The largest absolute Gasteiger partial charge is 0.475 e. The Kier molecular flexibility index (Phi) is 2.38. The van der Waals surface area contributed by atoms with Crippen molar-refractivity contribution in [1.29, 1.82) is 0 Å². The van der Waals surface area contributed by atoms with Crippen molar-refractivity contribution in [2.24, 2.45) is 7.05 Å². The molecule has 0 aliphatic rings. The van der Waals surface area contributed by atoms with E-state index in [1.165, 1.54) is 6.07 Å². The first-order chi connectivity index (χ1) is 9.06. The molecule has 0 atom stereocenters. The molecule has 6 heteroatoms. The number of carbonyl (C=O) groups is 1. The summed E-state index contributed by atoms with van der Waals surface area (Å²) in [5, 5.41) is 12.6. The summed E-state index contributed by atoms with van der Waals surface area (Å²) in [7, 11) is 1.95. The van der Waals surface area contributed by atoms with E-state index >= 15 is 0 Å². The molecule has 0 saturated heterocycles. The van der Waals surface area contributed by atoms with Gasteiger partial charge in [0.1, 0.15) is 11.5 Å². The topological polar surface area (TPSA) is 81.2 Å². The van der Waals surface area contributed by atoms with Crippen molar-refractivity contribution in [3.63, 3.8) is 0 Å². The minimum atomic E-state index is -1.13. The fourth-order valence-corrected chi connectivity index (χ4v) is 1.99. The van der Waals surface area contributed by atoms with Gasteiger partial charge >= 0.3 is 5.97 Å². The molecule has 19 heavy (non-hydrogen) atoms. The third kappa shape index (κ3) is 1.77. The van der Waals surface area contributed by atoms with E-state index in [-0.39, 0.29) is 5.76 Å². The number of hydrogen-bond donors (Lipinski definition) is 1. The highest BCUT2D eigenvalue weighted by molar-refractivity contribution is 5.87. The van der Waals surface area contributed by atoms with Gasteiger partial charge in [-0.2, -0.15) is 0 Å². The van der Waals surface area contributed by atoms with E-state index < -0.39 is 5.97 Å². The van der Waals surface area contributed by atoms with Crippen LogP contribution in [-0.2, 0) is 7.05 Å². The van der Waals surface area contributed by atoms with Crippen LogP contribution in [0.15, 0.2) is 28.8 Å². The van der Waals surface area contributed by atoms with Crippen molar-refractivity contribution in [2.75, 3.05) is 0 Å². The summed E-state index contributed by atoms with van der Waals surface area (Å²) in [6.07, 6.45) is 0. The smallest absolute Gasteiger partial charge is 0.374 e. The second kappa shape index (κ2) is 3.94. The molecule has 0 aliphatic carbocycles. The number of rotatable bonds is 2. The number of aryl methyl sites for hydroxylation is 2. The van der Waals surface area contributed by atoms with Crippen molar-refractivity contribution >= 4 is 17.0 Å². The Labute approximate surface area is 108 Å². The zero-order chi connectivity index (χ0) is 13.6. The second-order valence-electron chi connectivity index (χ2n) is 4.30. The van der Waals surface area contributed by atoms with Crippen LogP contribution in [0.1, 0.15) is 16.4 Å². The van der Waals surface area contributed by atoms with Gasteiger partial charge in [0.25, 0.3) is 0 Å². The van der Waals surface area contributed by atoms with Crippen molar-refractivity contribution in [1.82, 2.24) is 14.7 Å². The summed E-state index contributed by atoms with van der Waals surface area (Å²) in [6.45, 7) is 1.93. The minimum absolute atomic E-state index is 0.174. The molecule has 6 nitrogen and oxygen atoms in total. The van der Waals surface area contributed by atoms with Crippen LogP contribution in [0.5, 0.6) is 0 Å². The van der Waals surface area contributed by atoms with Crippen molar-refractivity contribution in [3.05, 3.63) is 35.9 Å². The fraction of sp³-hybridized carbons (Fsp3) is 0.154. The number of hydrogen-bond acceptors (Lipinski definition) is 4. The number of imidazole rings is 1. The number of aromatic nitrogens is 3. The molecule has 96 valence electrons. The van der Waals surface area contributed by atoms with Gasteiger partial charge in [-0.15, -0.1) is 0 Å². The molecule has 0 bridgehead atoms. The maximum Gasteiger partial charge on any atom is 0.374 e. The van der Waals surface area contributed by atoms with E-state index in [2.05, 4.69) is 10.1 Å². The summed E-state index contributed by atoms with van der Waals surface area (Å²) in [6, 6.07) is 7.07. The van der Waals surface area contributed by atoms with E-state index in [9.17, 15) is 4.79 Å². The lowest BCUT2D eigenvalue weighted by Crippen LogP contribution is -1.91. The number of nitrogens with zero attached hydrogens (tertiary/aromatic N) is 3. The zero-order valence-corrected chi connectivity index (χ0v) is 10.4. The molecule has 2 heterocycles. The van der Waals surface area contributed by atoms with Gasteiger partial charge in [0.2, 0.25) is 5.76 Å². The van der Waals surface area contributed by atoms with Gasteiger partial charge < -0.3 is 14.2 Å². The normalized spacial score (nSPS) is 11.1.